The molecule has 0 aromatic heterocycles. The molecule has 0 bridgehead atoms. The molecule has 0 amide bonds. The van der Waals surface area contributed by atoms with Crippen molar-refractivity contribution in [3.8, 4) is 0 Å². The lowest BCUT2D eigenvalue weighted by Gasteiger charge is -2.08. The third kappa shape index (κ3) is 1.80. The highest BCUT2D eigenvalue weighted by atomic mass is 32.2. The Morgan fingerprint density at radius 2 is 2.17 bits per heavy atom. The number of hydrogen-bond donors (Lipinski definition) is 0. The number of thioether (sulfide) groups is 1. The van der Waals surface area contributed by atoms with E-state index < -0.39 is 16.7 Å². The van der Waals surface area contributed by atoms with E-state index in [1.807, 2.05) is 0 Å². The molecule has 0 saturated carbocycles. The fourth-order valence-corrected chi connectivity index (χ4v) is 1.62. The number of rotatable bonds is 1. The summed E-state index contributed by atoms with van der Waals surface area (Å²) in [5.74, 6) is 0. The molecular formula is C6H6F3NOS. The smallest absolute Gasteiger partial charge is 0.280 e. The molecule has 6 heteroatoms. The summed E-state index contributed by atoms with van der Waals surface area (Å²) in [5.41, 5.74) is 0.0299. The SMILES string of the molecule is CCC1=NC(C(F)(F)F)SC1=O. The van der Waals surface area contributed by atoms with Crippen LogP contribution in [-0.4, -0.2) is 22.4 Å². The normalized spacial score (nSPS) is 24.5. The van der Waals surface area contributed by atoms with Gasteiger partial charge in [0.1, 0.15) is 0 Å². The van der Waals surface area contributed by atoms with E-state index in [1.54, 1.807) is 6.92 Å². The number of carbonyl (C=O) groups excluding carboxylic acids is 1. The minimum atomic E-state index is -4.41. The Bertz CT molecular complexity index is 235. The quantitative estimate of drug-likeness (QED) is 0.643. The first kappa shape index (κ1) is 9.57. The maximum absolute atomic E-state index is 12.0. The summed E-state index contributed by atoms with van der Waals surface area (Å²) >= 11 is 0.238. The Morgan fingerprint density at radius 3 is 2.42 bits per heavy atom. The fourth-order valence-electron chi connectivity index (χ4n) is 0.766. The lowest BCUT2D eigenvalue weighted by Crippen LogP contribution is -2.21. The van der Waals surface area contributed by atoms with Gasteiger partial charge in [-0.05, 0) is 18.2 Å². The van der Waals surface area contributed by atoms with Gasteiger partial charge in [-0.3, -0.25) is 9.79 Å². The Kier molecular flexibility index (Phi) is 2.46. The van der Waals surface area contributed by atoms with Gasteiger partial charge in [-0.1, -0.05) is 6.92 Å². The Morgan fingerprint density at radius 1 is 1.58 bits per heavy atom. The van der Waals surface area contributed by atoms with Crippen LogP contribution in [0.5, 0.6) is 0 Å². The highest BCUT2D eigenvalue weighted by Crippen LogP contribution is 2.36. The maximum Gasteiger partial charge on any atom is 0.420 e. The van der Waals surface area contributed by atoms with Gasteiger partial charge in [0.15, 0.2) is 5.37 Å². The molecule has 1 aliphatic rings. The van der Waals surface area contributed by atoms with Gasteiger partial charge in [-0.25, -0.2) is 0 Å². The number of halogens is 3. The number of hydrogen-bond acceptors (Lipinski definition) is 3. The summed E-state index contributed by atoms with van der Waals surface area (Å²) in [5, 5.41) is -2.43. The van der Waals surface area contributed by atoms with E-state index >= 15 is 0 Å². The van der Waals surface area contributed by atoms with Crippen LogP contribution in [-0.2, 0) is 4.79 Å². The van der Waals surface area contributed by atoms with Gasteiger partial charge in [0.05, 0.1) is 5.71 Å². The summed E-state index contributed by atoms with van der Waals surface area (Å²) in [7, 11) is 0. The van der Waals surface area contributed by atoms with Crippen LogP contribution in [0, 0.1) is 0 Å². The molecule has 0 saturated heterocycles. The molecule has 0 aromatic rings. The Balaban J connectivity index is 2.77. The summed E-state index contributed by atoms with van der Waals surface area (Å²) in [6, 6.07) is 0. The second kappa shape index (κ2) is 3.08. The van der Waals surface area contributed by atoms with Crippen LogP contribution in [0.1, 0.15) is 13.3 Å². The van der Waals surface area contributed by atoms with Crippen molar-refractivity contribution in [3.05, 3.63) is 0 Å². The van der Waals surface area contributed by atoms with Gasteiger partial charge in [-0.2, -0.15) is 13.2 Å². The van der Waals surface area contributed by atoms with E-state index in [1.165, 1.54) is 0 Å². The highest BCUT2D eigenvalue weighted by Gasteiger charge is 2.45. The van der Waals surface area contributed by atoms with Crippen LogP contribution in [0.15, 0.2) is 4.99 Å². The third-order valence-electron chi connectivity index (χ3n) is 1.34. The Hall–Kier alpha value is -0.520. The molecule has 12 heavy (non-hydrogen) atoms. The molecule has 1 atom stereocenters. The van der Waals surface area contributed by atoms with Crippen LogP contribution in [0.25, 0.3) is 0 Å². The fraction of sp³-hybridized carbons (Fsp3) is 0.667. The van der Waals surface area contributed by atoms with Crippen molar-refractivity contribution in [2.45, 2.75) is 24.9 Å². The van der Waals surface area contributed by atoms with E-state index in [4.69, 9.17) is 0 Å². The van der Waals surface area contributed by atoms with Crippen molar-refractivity contribution >= 4 is 22.6 Å². The lowest BCUT2D eigenvalue weighted by molar-refractivity contribution is -0.127. The topological polar surface area (TPSA) is 29.4 Å². The van der Waals surface area contributed by atoms with Gasteiger partial charge in [0.2, 0.25) is 5.12 Å². The van der Waals surface area contributed by atoms with Gasteiger partial charge < -0.3 is 0 Å². The van der Waals surface area contributed by atoms with Crippen molar-refractivity contribution in [2.24, 2.45) is 4.99 Å². The predicted molar refractivity (Wildman–Crippen MR) is 40.2 cm³/mol. The molecule has 0 radical (unpaired) electrons. The van der Waals surface area contributed by atoms with E-state index in [0.29, 0.717) is 0 Å². The van der Waals surface area contributed by atoms with E-state index in [-0.39, 0.29) is 23.9 Å². The first-order valence-corrected chi connectivity index (χ1v) is 4.17. The molecule has 2 nitrogen and oxygen atoms in total. The zero-order valence-electron chi connectivity index (χ0n) is 6.18. The minimum Gasteiger partial charge on any atom is -0.280 e. The number of nitrogens with zero attached hydrogens (tertiary/aromatic N) is 1. The zero-order valence-corrected chi connectivity index (χ0v) is 7.00. The maximum atomic E-state index is 12.0. The molecule has 1 heterocycles. The average molecular weight is 197 g/mol. The van der Waals surface area contributed by atoms with Crippen molar-refractivity contribution in [1.29, 1.82) is 0 Å². The van der Waals surface area contributed by atoms with Gasteiger partial charge in [0, 0.05) is 0 Å². The van der Waals surface area contributed by atoms with Crippen molar-refractivity contribution in [2.75, 3.05) is 0 Å². The average Bonchev–Trinajstić information content (AvgIpc) is 2.29. The number of aliphatic imine (C=N–C) groups is 1. The monoisotopic (exact) mass is 197 g/mol. The molecular weight excluding hydrogens is 191 g/mol. The lowest BCUT2D eigenvalue weighted by atomic mass is 10.3. The van der Waals surface area contributed by atoms with E-state index in [2.05, 4.69) is 4.99 Å². The van der Waals surface area contributed by atoms with Crippen molar-refractivity contribution in [1.82, 2.24) is 0 Å². The molecule has 1 aliphatic heterocycles. The molecule has 0 aromatic carbocycles. The molecule has 1 rings (SSSR count). The van der Waals surface area contributed by atoms with E-state index in [0.717, 1.165) is 0 Å². The summed E-state index contributed by atoms with van der Waals surface area (Å²) in [4.78, 5) is 14.1. The second-order valence-corrected chi connectivity index (χ2v) is 3.28. The molecule has 0 spiro atoms. The van der Waals surface area contributed by atoms with Crippen LogP contribution in [0.3, 0.4) is 0 Å². The molecule has 0 fully saturated rings. The van der Waals surface area contributed by atoms with Gasteiger partial charge in [0.25, 0.3) is 0 Å². The number of carbonyl (C=O) groups is 1. The van der Waals surface area contributed by atoms with E-state index in [9.17, 15) is 18.0 Å². The summed E-state index contributed by atoms with van der Waals surface area (Å²) < 4.78 is 35.9. The zero-order chi connectivity index (χ0) is 9.35. The first-order chi connectivity index (χ1) is 5.45. The minimum absolute atomic E-state index is 0.0299. The molecule has 0 N–H and O–H groups in total. The van der Waals surface area contributed by atoms with Crippen LogP contribution in [0.4, 0.5) is 13.2 Å². The molecule has 68 valence electrons. The van der Waals surface area contributed by atoms with Gasteiger partial charge in [-0.15, -0.1) is 0 Å². The summed E-state index contributed by atoms with van der Waals surface area (Å²) in [6.45, 7) is 1.61. The van der Waals surface area contributed by atoms with Gasteiger partial charge >= 0.3 is 6.18 Å². The van der Waals surface area contributed by atoms with Crippen LogP contribution in [0.2, 0.25) is 0 Å². The van der Waals surface area contributed by atoms with Crippen molar-refractivity contribution < 1.29 is 18.0 Å². The van der Waals surface area contributed by atoms with Crippen LogP contribution >= 0.6 is 11.8 Å². The molecule has 1 unspecified atom stereocenters. The van der Waals surface area contributed by atoms with Crippen molar-refractivity contribution in [3.63, 3.8) is 0 Å². The predicted octanol–water partition coefficient (Wildman–Crippen LogP) is 2.00. The van der Waals surface area contributed by atoms with Crippen LogP contribution < -0.4 is 0 Å². The third-order valence-corrected chi connectivity index (χ3v) is 2.39. The summed E-state index contributed by atoms with van der Waals surface area (Å²) in [6.07, 6.45) is -4.14. The Labute approximate surface area is 71.2 Å². The second-order valence-electron chi connectivity index (χ2n) is 2.23. The number of alkyl halides is 3. The standard InChI is InChI=1S/C6H6F3NOS/c1-2-3-4(11)12-5(10-3)6(7,8)9/h5H,2H2,1H3. The molecule has 0 aliphatic carbocycles. The first-order valence-electron chi connectivity index (χ1n) is 3.29. The highest BCUT2D eigenvalue weighted by molar-refractivity contribution is 8.16. The largest absolute Gasteiger partial charge is 0.420 e.